The van der Waals surface area contributed by atoms with Gasteiger partial charge in [-0.15, -0.1) is 0 Å². The van der Waals surface area contributed by atoms with Gasteiger partial charge in [-0.2, -0.15) is 0 Å². The van der Waals surface area contributed by atoms with Crippen LogP contribution in [0.1, 0.15) is 66.0 Å². The van der Waals surface area contributed by atoms with Crippen molar-refractivity contribution in [2.45, 2.75) is 56.8 Å². The molecular weight excluding hydrogens is 404 g/mol. The van der Waals surface area contributed by atoms with Crippen molar-refractivity contribution >= 4 is 11.8 Å². The third-order valence-corrected chi connectivity index (χ3v) is 8.33. The highest BCUT2D eigenvalue weighted by atomic mass is 16.7. The van der Waals surface area contributed by atoms with Crippen molar-refractivity contribution in [2.75, 3.05) is 26.9 Å². The Morgan fingerprint density at radius 2 is 2.00 bits per heavy atom. The van der Waals surface area contributed by atoms with Crippen LogP contribution in [0.4, 0.5) is 0 Å². The zero-order valence-electron chi connectivity index (χ0n) is 18.0. The predicted octanol–water partition coefficient (Wildman–Crippen LogP) is 2.69. The number of carbonyl (C=O) groups is 2. The lowest BCUT2D eigenvalue weighted by molar-refractivity contribution is -0.225. The Bertz CT molecular complexity index is 984. The molecule has 5 rings (SSSR count). The van der Waals surface area contributed by atoms with Gasteiger partial charge < -0.3 is 28.8 Å². The summed E-state index contributed by atoms with van der Waals surface area (Å²) in [7, 11) is 1.48. The van der Waals surface area contributed by atoms with E-state index < -0.39 is 23.3 Å². The van der Waals surface area contributed by atoms with Crippen molar-refractivity contribution < 1.29 is 38.4 Å². The van der Waals surface area contributed by atoms with E-state index in [9.17, 15) is 19.8 Å². The number of carboxylic acids is 1. The molecule has 4 atom stereocenters. The number of rotatable bonds is 4. The van der Waals surface area contributed by atoms with Gasteiger partial charge in [0.25, 0.3) is 0 Å². The van der Waals surface area contributed by atoms with Crippen molar-refractivity contribution in [1.29, 1.82) is 0 Å². The van der Waals surface area contributed by atoms with E-state index in [2.05, 4.69) is 6.92 Å². The lowest BCUT2D eigenvalue weighted by atomic mass is 9.55. The summed E-state index contributed by atoms with van der Waals surface area (Å²) < 4.78 is 23.0. The lowest BCUT2D eigenvalue weighted by Gasteiger charge is -2.51. The number of hydrogen-bond acceptors (Lipinski definition) is 7. The average Bonchev–Trinajstić information content (AvgIpc) is 3.45. The molecule has 1 aliphatic heterocycles. The molecule has 2 fully saturated rings. The first kappa shape index (κ1) is 20.9. The van der Waals surface area contributed by atoms with Gasteiger partial charge in [0.05, 0.1) is 25.9 Å². The van der Waals surface area contributed by atoms with Crippen molar-refractivity contribution in [1.82, 2.24) is 0 Å². The maximum Gasteiger partial charge on any atom is 0.339 e. The van der Waals surface area contributed by atoms with Crippen LogP contribution in [0.25, 0.3) is 0 Å². The van der Waals surface area contributed by atoms with E-state index in [0.717, 1.165) is 18.3 Å². The zero-order chi connectivity index (χ0) is 22.2. The minimum absolute atomic E-state index is 0.00322. The molecule has 0 aromatic carbocycles. The summed E-state index contributed by atoms with van der Waals surface area (Å²) in [5.74, 6) is -2.29. The molecule has 168 valence electrons. The summed E-state index contributed by atoms with van der Waals surface area (Å²) in [6.07, 6.45) is 2.74. The molecule has 2 heterocycles. The number of aliphatic hydroxyl groups excluding tert-OH is 1. The topological polar surface area (TPSA) is 115 Å². The van der Waals surface area contributed by atoms with E-state index in [0.29, 0.717) is 38.0 Å². The second kappa shape index (κ2) is 6.75. The largest absolute Gasteiger partial charge is 0.478 e. The molecule has 1 aromatic rings. The third kappa shape index (κ3) is 2.44. The van der Waals surface area contributed by atoms with Crippen LogP contribution in [-0.2, 0) is 19.6 Å². The van der Waals surface area contributed by atoms with E-state index in [4.69, 9.17) is 18.6 Å². The number of hydrogen-bond donors (Lipinski definition) is 2. The number of Topliss-reactive ketones (excluding diaryl/α,β-unsaturated/α-hetero) is 1. The molecule has 1 spiro atoms. The SMILES string of the molecule is COCC(O)C1(C)C2=C(C(=O)c3occ(C(=O)O)c31)[C@@H]1CCC3(OCCO3)C1(C)CC2. The summed E-state index contributed by atoms with van der Waals surface area (Å²) in [5, 5.41) is 20.9. The van der Waals surface area contributed by atoms with Crippen LogP contribution < -0.4 is 0 Å². The second-order valence-electron chi connectivity index (χ2n) is 9.51. The van der Waals surface area contributed by atoms with Gasteiger partial charge in [-0.25, -0.2) is 4.79 Å². The van der Waals surface area contributed by atoms with Crippen LogP contribution in [-0.4, -0.2) is 60.8 Å². The van der Waals surface area contributed by atoms with Gasteiger partial charge in [0, 0.05) is 35.5 Å². The Hall–Kier alpha value is -2.00. The normalized spacial score (nSPS) is 34.6. The van der Waals surface area contributed by atoms with Gasteiger partial charge in [-0.05, 0) is 37.7 Å². The van der Waals surface area contributed by atoms with Crippen LogP contribution >= 0.6 is 0 Å². The molecule has 8 heteroatoms. The van der Waals surface area contributed by atoms with Crippen LogP contribution in [0.15, 0.2) is 21.8 Å². The molecule has 8 nitrogen and oxygen atoms in total. The van der Waals surface area contributed by atoms with Crippen molar-refractivity contribution in [2.24, 2.45) is 11.3 Å². The van der Waals surface area contributed by atoms with Crippen LogP contribution in [0.2, 0.25) is 0 Å². The number of carboxylic acid groups (broad SMARTS) is 1. The summed E-state index contributed by atoms with van der Waals surface area (Å²) in [6, 6.07) is 0. The fraction of sp³-hybridized carbons (Fsp3) is 0.652. The molecule has 1 aromatic heterocycles. The number of ketones is 1. The summed E-state index contributed by atoms with van der Waals surface area (Å²) in [6.45, 7) is 5.00. The molecule has 0 amide bonds. The van der Waals surface area contributed by atoms with Crippen molar-refractivity contribution in [3.63, 3.8) is 0 Å². The highest BCUT2D eigenvalue weighted by Gasteiger charge is 2.66. The second-order valence-corrected chi connectivity index (χ2v) is 9.51. The first-order valence-corrected chi connectivity index (χ1v) is 10.8. The monoisotopic (exact) mass is 432 g/mol. The number of aromatic carboxylic acids is 1. The average molecular weight is 432 g/mol. The maximum absolute atomic E-state index is 13.7. The van der Waals surface area contributed by atoms with Gasteiger partial charge in [-0.3, -0.25) is 4.79 Å². The van der Waals surface area contributed by atoms with Crippen molar-refractivity contribution in [3.8, 4) is 0 Å². The molecule has 4 aliphatic rings. The smallest absolute Gasteiger partial charge is 0.339 e. The fourth-order valence-corrected chi connectivity index (χ4v) is 6.69. The Kier molecular flexibility index (Phi) is 4.54. The van der Waals surface area contributed by atoms with Crippen LogP contribution in [0.3, 0.4) is 0 Å². The van der Waals surface area contributed by atoms with Gasteiger partial charge in [-0.1, -0.05) is 6.92 Å². The number of fused-ring (bicyclic) bond motifs is 4. The van der Waals surface area contributed by atoms with E-state index in [-0.39, 0.29) is 40.6 Å². The van der Waals surface area contributed by atoms with E-state index in [1.54, 1.807) is 6.92 Å². The fourth-order valence-electron chi connectivity index (χ4n) is 6.69. The van der Waals surface area contributed by atoms with Gasteiger partial charge >= 0.3 is 5.97 Å². The number of methoxy groups -OCH3 is 1. The Balaban J connectivity index is 1.72. The molecule has 2 N–H and O–H groups in total. The highest BCUT2D eigenvalue weighted by Crippen LogP contribution is 2.65. The number of furan rings is 1. The standard InChI is InChI=1S/C23H28O8/c1-21-6-4-14-16(13(21)5-7-23(21)30-8-9-31-23)18(25)19-17(12(10-29-19)20(26)27)22(14,2)15(24)11-28-3/h10,13,15,24H,4-9,11H2,1-3H3,(H,26,27)/t13-,15?,21?,22?/m0/s1. The minimum atomic E-state index is -1.19. The number of ether oxygens (including phenoxy) is 3. The minimum Gasteiger partial charge on any atom is -0.478 e. The Labute approximate surface area is 180 Å². The highest BCUT2D eigenvalue weighted by molar-refractivity contribution is 6.12. The molecule has 1 saturated heterocycles. The molecule has 3 aliphatic carbocycles. The zero-order valence-corrected chi connectivity index (χ0v) is 18.0. The number of allylic oxidation sites excluding steroid dienone is 1. The molecule has 31 heavy (non-hydrogen) atoms. The summed E-state index contributed by atoms with van der Waals surface area (Å²) in [4.78, 5) is 25.6. The van der Waals surface area contributed by atoms with E-state index in [1.165, 1.54) is 7.11 Å². The van der Waals surface area contributed by atoms with Crippen molar-refractivity contribution in [3.05, 3.63) is 34.3 Å². The lowest BCUT2D eigenvalue weighted by Crippen LogP contribution is -2.53. The summed E-state index contributed by atoms with van der Waals surface area (Å²) >= 11 is 0. The first-order chi connectivity index (χ1) is 14.7. The van der Waals surface area contributed by atoms with Gasteiger partial charge in [0.1, 0.15) is 11.8 Å². The van der Waals surface area contributed by atoms with Gasteiger partial charge in [0.15, 0.2) is 11.5 Å². The Morgan fingerprint density at radius 1 is 1.29 bits per heavy atom. The van der Waals surface area contributed by atoms with Gasteiger partial charge in [0.2, 0.25) is 5.78 Å². The quantitative estimate of drug-likeness (QED) is 0.746. The van der Waals surface area contributed by atoms with Crippen LogP contribution in [0, 0.1) is 11.3 Å². The Morgan fingerprint density at radius 3 is 2.65 bits per heavy atom. The summed E-state index contributed by atoms with van der Waals surface area (Å²) in [5.41, 5.74) is 0.0793. The molecular formula is C23H28O8. The van der Waals surface area contributed by atoms with E-state index >= 15 is 0 Å². The molecule has 1 saturated carbocycles. The van der Waals surface area contributed by atoms with E-state index in [1.807, 2.05) is 0 Å². The molecule has 0 radical (unpaired) electrons. The third-order valence-electron chi connectivity index (χ3n) is 8.33. The maximum atomic E-state index is 13.7. The number of aliphatic hydroxyl groups is 1. The first-order valence-electron chi connectivity index (χ1n) is 10.8. The number of carbonyl (C=O) groups excluding carboxylic acids is 1. The predicted molar refractivity (Wildman–Crippen MR) is 107 cm³/mol. The molecule has 3 unspecified atom stereocenters. The molecule has 0 bridgehead atoms. The van der Waals surface area contributed by atoms with Crippen LogP contribution in [0.5, 0.6) is 0 Å².